The van der Waals surface area contributed by atoms with E-state index in [1.165, 1.54) is 10.6 Å². The van der Waals surface area contributed by atoms with E-state index >= 15 is 0 Å². The van der Waals surface area contributed by atoms with Gasteiger partial charge in [0.2, 0.25) is 5.91 Å². The Labute approximate surface area is 114 Å². The summed E-state index contributed by atoms with van der Waals surface area (Å²) in [6.45, 7) is 1.46. The summed E-state index contributed by atoms with van der Waals surface area (Å²) in [5.41, 5.74) is 5.63. The molecule has 6 heteroatoms. The summed E-state index contributed by atoms with van der Waals surface area (Å²) < 4.78 is 2.21. The maximum absolute atomic E-state index is 12.0. The molecule has 1 fully saturated rings. The fourth-order valence-electron chi connectivity index (χ4n) is 2.02. The Balaban J connectivity index is 2.03. The Bertz CT molecular complexity index is 492. The third-order valence-corrected chi connectivity index (χ3v) is 3.61. The summed E-state index contributed by atoms with van der Waals surface area (Å²) in [7, 11) is 0. The van der Waals surface area contributed by atoms with Crippen molar-refractivity contribution in [1.82, 2.24) is 9.47 Å². The zero-order valence-corrected chi connectivity index (χ0v) is 11.6. The highest BCUT2D eigenvalue weighted by molar-refractivity contribution is 9.10. The van der Waals surface area contributed by atoms with Gasteiger partial charge in [-0.3, -0.25) is 9.59 Å². The van der Waals surface area contributed by atoms with Crippen molar-refractivity contribution < 1.29 is 4.79 Å². The smallest absolute Gasteiger partial charge is 0.251 e. The van der Waals surface area contributed by atoms with Crippen LogP contribution in [0.5, 0.6) is 0 Å². The lowest BCUT2D eigenvalue weighted by molar-refractivity contribution is -0.132. The molecule has 5 nitrogen and oxygen atoms in total. The zero-order chi connectivity index (χ0) is 13.1. The van der Waals surface area contributed by atoms with Crippen LogP contribution in [0, 0.1) is 0 Å². The van der Waals surface area contributed by atoms with Gasteiger partial charge in [-0.25, -0.2) is 0 Å². The summed E-state index contributed by atoms with van der Waals surface area (Å²) in [6, 6.07) is 3.31. The van der Waals surface area contributed by atoms with Crippen molar-refractivity contribution in [2.45, 2.75) is 25.4 Å². The van der Waals surface area contributed by atoms with Crippen molar-refractivity contribution in [3.05, 3.63) is 33.2 Å². The maximum atomic E-state index is 12.0. The minimum atomic E-state index is -0.166. The number of piperidine rings is 1. The molecule has 0 saturated carbocycles. The van der Waals surface area contributed by atoms with Gasteiger partial charge < -0.3 is 15.2 Å². The molecule has 1 aromatic heterocycles. The first-order valence-electron chi connectivity index (χ1n) is 5.95. The van der Waals surface area contributed by atoms with Crippen LogP contribution in [0.2, 0.25) is 0 Å². The number of carbonyl (C=O) groups is 1. The number of pyridine rings is 1. The van der Waals surface area contributed by atoms with Gasteiger partial charge >= 0.3 is 0 Å². The molecule has 1 amide bonds. The largest absolute Gasteiger partial charge is 0.341 e. The highest BCUT2D eigenvalue weighted by Crippen LogP contribution is 2.09. The molecule has 1 aliphatic rings. The lowest BCUT2D eigenvalue weighted by Gasteiger charge is -2.30. The van der Waals surface area contributed by atoms with E-state index in [-0.39, 0.29) is 24.1 Å². The number of nitrogens with zero attached hydrogens (tertiary/aromatic N) is 2. The second-order valence-electron chi connectivity index (χ2n) is 4.53. The molecule has 0 aromatic carbocycles. The molecule has 18 heavy (non-hydrogen) atoms. The van der Waals surface area contributed by atoms with Crippen molar-refractivity contribution in [3.63, 3.8) is 0 Å². The number of amides is 1. The number of hydrogen-bond acceptors (Lipinski definition) is 3. The fraction of sp³-hybridized carbons (Fsp3) is 0.500. The normalized spacial score (nSPS) is 16.9. The first-order chi connectivity index (χ1) is 8.56. The van der Waals surface area contributed by atoms with Crippen LogP contribution in [0.25, 0.3) is 0 Å². The number of rotatable bonds is 2. The van der Waals surface area contributed by atoms with Gasteiger partial charge in [-0.2, -0.15) is 0 Å². The maximum Gasteiger partial charge on any atom is 0.251 e. The number of halogens is 1. The molecular formula is C12H16BrN3O2. The van der Waals surface area contributed by atoms with Crippen molar-refractivity contribution in [1.29, 1.82) is 0 Å². The van der Waals surface area contributed by atoms with Gasteiger partial charge in [-0.15, -0.1) is 0 Å². The van der Waals surface area contributed by atoms with Gasteiger partial charge in [0, 0.05) is 35.9 Å². The predicted octanol–water partition coefficient (Wildman–Crippen LogP) is 0.560. The Kier molecular flexibility index (Phi) is 4.19. The van der Waals surface area contributed by atoms with Gasteiger partial charge in [-0.1, -0.05) is 0 Å². The molecule has 0 bridgehead atoms. The zero-order valence-electron chi connectivity index (χ0n) is 10.0. The van der Waals surface area contributed by atoms with Gasteiger partial charge in [0.25, 0.3) is 5.56 Å². The van der Waals surface area contributed by atoms with Crippen LogP contribution in [-0.4, -0.2) is 34.5 Å². The average Bonchev–Trinajstić information content (AvgIpc) is 2.34. The summed E-state index contributed by atoms with van der Waals surface area (Å²) >= 11 is 3.29. The molecule has 1 saturated heterocycles. The van der Waals surface area contributed by atoms with E-state index in [9.17, 15) is 9.59 Å². The van der Waals surface area contributed by atoms with Crippen LogP contribution in [0.15, 0.2) is 27.6 Å². The number of carbonyl (C=O) groups excluding carboxylic acids is 1. The Hall–Kier alpha value is -1.14. The van der Waals surface area contributed by atoms with Crippen LogP contribution in [0.3, 0.4) is 0 Å². The highest BCUT2D eigenvalue weighted by Gasteiger charge is 2.20. The SMILES string of the molecule is NC1CCN(C(=O)Cn2cc(Br)ccc2=O)CC1. The monoisotopic (exact) mass is 313 g/mol. The molecule has 2 N–H and O–H groups in total. The number of nitrogens with two attached hydrogens (primary N) is 1. The first-order valence-corrected chi connectivity index (χ1v) is 6.75. The lowest BCUT2D eigenvalue weighted by Crippen LogP contribution is -2.44. The lowest BCUT2D eigenvalue weighted by atomic mass is 10.1. The summed E-state index contributed by atoms with van der Waals surface area (Å²) in [6.07, 6.45) is 3.30. The Morgan fingerprint density at radius 2 is 2.06 bits per heavy atom. The van der Waals surface area contributed by atoms with E-state index in [1.54, 1.807) is 17.2 Å². The molecule has 0 radical (unpaired) electrons. The van der Waals surface area contributed by atoms with Crippen molar-refractivity contribution in [2.75, 3.05) is 13.1 Å². The second kappa shape index (κ2) is 5.67. The molecule has 0 aliphatic carbocycles. The molecule has 1 aliphatic heterocycles. The van der Waals surface area contributed by atoms with Crippen LogP contribution >= 0.6 is 15.9 Å². The highest BCUT2D eigenvalue weighted by atomic mass is 79.9. The first kappa shape index (κ1) is 13.3. The molecule has 98 valence electrons. The van der Waals surface area contributed by atoms with E-state index in [1.807, 2.05) is 0 Å². The summed E-state index contributed by atoms with van der Waals surface area (Å²) in [5, 5.41) is 0. The van der Waals surface area contributed by atoms with Gasteiger partial charge in [-0.05, 0) is 34.8 Å². The van der Waals surface area contributed by atoms with Crippen LogP contribution in [0.1, 0.15) is 12.8 Å². The Morgan fingerprint density at radius 3 is 2.72 bits per heavy atom. The standard InChI is InChI=1S/C12H16BrN3O2/c13-9-1-2-11(17)16(7-9)8-12(18)15-5-3-10(14)4-6-15/h1-2,7,10H,3-6,8,14H2. The predicted molar refractivity (Wildman–Crippen MR) is 72.2 cm³/mol. The minimum absolute atomic E-state index is 0.0258. The van der Waals surface area contributed by atoms with Gasteiger partial charge in [0.05, 0.1) is 0 Å². The molecule has 0 unspecified atom stereocenters. The molecule has 0 atom stereocenters. The minimum Gasteiger partial charge on any atom is -0.341 e. The fourth-order valence-corrected chi connectivity index (χ4v) is 2.40. The number of likely N-dealkylation sites (tertiary alicyclic amines) is 1. The summed E-state index contributed by atoms with van der Waals surface area (Å²) in [4.78, 5) is 25.4. The van der Waals surface area contributed by atoms with E-state index in [0.29, 0.717) is 13.1 Å². The second-order valence-corrected chi connectivity index (χ2v) is 5.45. The van der Waals surface area contributed by atoms with E-state index in [0.717, 1.165) is 17.3 Å². The van der Waals surface area contributed by atoms with Gasteiger partial charge in [0.1, 0.15) is 6.54 Å². The van der Waals surface area contributed by atoms with E-state index < -0.39 is 0 Å². The van der Waals surface area contributed by atoms with Crippen molar-refractivity contribution >= 4 is 21.8 Å². The van der Waals surface area contributed by atoms with Crippen LogP contribution in [0.4, 0.5) is 0 Å². The molecule has 2 heterocycles. The third kappa shape index (κ3) is 3.20. The van der Waals surface area contributed by atoms with E-state index in [4.69, 9.17) is 5.73 Å². The average molecular weight is 314 g/mol. The Morgan fingerprint density at radius 1 is 1.39 bits per heavy atom. The van der Waals surface area contributed by atoms with Crippen molar-refractivity contribution in [2.24, 2.45) is 5.73 Å². The molecule has 0 spiro atoms. The number of hydrogen-bond donors (Lipinski definition) is 1. The third-order valence-electron chi connectivity index (χ3n) is 3.15. The van der Waals surface area contributed by atoms with Gasteiger partial charge in [0.15, 0.2) is 0 Å². The van der Waals surface area contributed by atoms with E-state index in [2.05, 4.69) is 15.9 Å². The molecule has 1 aromatic rings. The molecule has 2 rings (SSSR count). The topological polar surface area (TPSA) is 68.3 Å². The quantitative estimate of drug-likeness (QED) is 0.867. The molecular weight excluding hydrogens is 298 g/mol. The summed E-state index contributed by atoms with van der Waals surface area (Å²) in [5.74, 6) is -0.0258. The van der Waals surface area contributed by atoms with Crippen LogP contribution in [-0.2, 0) is 11.3 Å². The van der Waals surface area contributed by atoms with Crippen molar-refractivity contribution in [3.8, 4) is 0 Å². The van der Waals surface area contributed by atoms with Crippen LogP contribution < -0.4 is 11.3 Å². The number of aromatic nitrogens is 1.